The highest BCUT2D eigenvalue weighted by molar-refractivity contribution is 7.26. The molecule has 0 bridgehead atoms. The second-order valence-electron chi connectivity index (χ2n) is 25.2. The van der Waals surface area contributed by atoms with Crippen molar-refractivity contribution in [3.8, 4) is 33.4 Å². The Kier molecular flexibility index (Phi) is 9.33. The molecule has 4 aliphatic rings. The largest absolute Gasteiger partial charge is 0.376 e. The lowest BCUT2D eigenvalue weighted by Crippen LogP contribution is -2.62. The Bertz CT molecular complexity index is 3710. The average Bonchev–Trinajstić information content (AvgIpc) is 3.82. The van der Waals surface area contributed by atoms with E-state index < -0.39 is 0 Å². The first-order valence-electron chi connectivity index (χ1n) is 26.1. The summed E-state index contributed by atoms with van der Waals surface area (Å²) in [5, 5.41) is 2.73. The van der Waals surface area contributed by atoms with Crippen LogP contribution in [0.3, 0.4) is 0 Å². The van der Waals surface area contributed by atoms with Gasteiger partial charge in [0.2, 0.25) is 0 Å². The van der Waals surface area contributed by atoms with Crippen molar-refractivity contribution < 1.29 is 0 Å². The molecule has 0 saturated heterocycles. The van der Waals surface area contributed by atoms with Crippen molar-refractivity contribution in [2.45, 2.75) is 123 Å². The van der Waals surface area contributed by atoms with Crippen molar-refractivity contribution in [1.82, 2.24) is 0 Å². The molecule has 0 fully saturated rings. The topological polar surface area (TPSA) is 6.48 Å². The van der Waals surface area contributed by atoms with Gasteiger partial charge in [-0.25, -0.2) is 0 Å². The summed E-state index contributed by atoms with van der Waals surface area (Å²) in [5.74, 6) is 0. The molecule has 13 rings (SSSR count). The molecule has 2 aliphatic carbocycles. The van der Waals surface area contributed by atoms with Gasteiger partial charge in [0.1, 0.15) is 0 Å². The molecule has 2 aliphatic heterocycles. The minimum Gasteiger partial charge on any atom is -0.376 e. The standard InChI is InChI=1S/C67H65BN2S/c1-63(2,3)41-26-29-43(30-27-41)70-55-38-52-51(65(7,8)32-33-66(52,9)10)35-48(55)61-60-45-23-17-19-25-58(45)71-59(60)39-57-62(61)68(70)53-37-50-47(44-22-16-18-24-49(44)67(50,11)12)36-56(53)69(57)54-31-28-42(64(4,5)6)34-46(54)40-20-14-13-15-21-40/h13-31,34-39H,32-33H2,1-12H3. The number of fused-ring (bicyclic) bond motifs is 12. The molecule has 1 aromatic heterocycles. The van der Waals surface area contributed by atoms with Crippen molar-refractivity contribution >= 4 is 77.7 Å². The van der Waals surface area contributed by atoms with Gasteiger partial charge in [-0.3, -0.25) is 0 Å². The number of hydrogen-bond acceptors (Lipinski definition) is 3. The van der Waals surface area contributed by atoms with E-state index in [9.17, 15) is 0 Å². The van der Waals surface area contributed by atoms with Crippen LogP contribution in [0.5, 0.6) is 0 Å². The summed E-state index contributed by atoms with van der Waals surface area (Å²) in [6.07, 6.45) is 2.32. The van der Waals surface area contributed by atoms with Gasteiger partial charge in [0.25, 0.3) is 0 Å². The van der Waals surface area contributed by atoms with E-state index in [1.54, 1.807) is 0 Å². The van der Waals surface area contributed by atoms with Gasteiger partial charge in [0, 0.05) is 59.5 Å². The molecule has 71 heavy (non-hydrogen) atoms. The van der Waals surface area contributed by atoms with E-state index in [4.69, 9.17) is 0 Å². The fourth-order valence-electron chi connectivity index (χ4n) is 13.2. The summed E-state index contributed by atoms with van der Waals surface area (Å²) in [6, 6.07) is 59.7. The fourth-order valence-corrected chi connectivity index (χ4v) is 14.4. The number of hydrogen-bond donors (Lipinski definition) is 0. The van der Waals surface area contributed by atoms with Crippen molar-refractivity contribution in [1.29, 1.82) is 0 Å². The molecule has 0 radical (unpaired) electrons. The zero-order valence-corrected chi connectivity index (χ0v) is 44.5. The molecule has 0 amide bonds. The van der Waals surface area contributed by atoms with E-state index in [0.717, 1.165) is 12.8 Å². The quantitative estimate of drug-likeness (QED) is 0.163. The fraction of sp³-hybridized carbons (Fsp3) is 0.284. The zero-order valence-electron chi connectivity index (χ0n) is 43.7. The molecule has 3 heterocycles. The van der Waals surface area contributed by atoms with E-state index in [1.807, 2.05) is 11.3 Å². The van der Waals surface area contributed by atoms with Gasteiger partial charge in [-0.2, -0.15) is 0 Å². The van der Waals surface area contributed by atoms with E-state index in [1.165, 1.54) is 126 Å². The van der Waals surface area contributed by atoms with Crippen LogP contribution in [0.2, 0.25) is 0 Å². The molecule has 4 heteroatoms. The molecule has 8 aromatic carbocycles. The summed E-state index contributed by atoms with van der Waals surface area (Å²) >= 11 is 1.95. The Morgan fingerprint density at radius 2 is 1.13 bits per heavy atom. The van der Waals surface area contributed by atoms with Crippen LogP contribution in [0.15, 0.2) is 152 Å². The van der Waals surface area contributed by atoms with Gasteiger partial charge in [0.05, 0.1) is 5.69 Å². The smallest absolute Gasteiger partial charge is 0.333 e. The average molecular weight is 941 g/mol. The predicted molar refractivity (Wildman–Crippen MR) is 309 cm³/mol. The number of thiophene rings is 1. The Labute approximate surface area is 426 Å². The maximum absolute atomic E-state index is 2.78. The van der Waals surface area contributed by atoms with Gasteiger partial charge in [-0.05, 0) is 156 Å². The minimum absolute atomic E-state index is 0.0243. The summed E-state index contributed by atoms with van der Waals surface area (Å²) in [4.78, 5) is 5.49. The van der Waals surface area contributed by atoms with Gasteiger partial charge < -0.3 is 9.71 Å². The molecule has 2 nitrogen and oxygen atoms in total. The van der Waals surface area contributed by atoms with Crippen LogP contribution in [0.1, 0.15) is 129 Å². The number of anilines is 5. The Morgan fingerprint density at radius 1 is 0.479 bits per heavy atom. The Balaban J connectivity index is 1.23. The monoisotopic (exact) mass is 940 g/mol. The highest BCUT2D eigenvalue weighted by atomic mass is 32.1. The Hall–Kier alpha value is -6.36. The molecule has 0 atom stereocenters. The predicted octanol–water partition coefficient (Wildman–Crippen LogP) is 17.7. The van der Waals surface area contributed by atoms with Crippen LogP contribution in [-0.4, -0.2) is 6.85 Å². The third-order valence-electron chi connectivity index (χ3n) is 17.4. The van der Waals surface area contributed by atoms with Gasteiger partial charge in [-0.15, -0.1) is 11.3 Å². The summed E-state index contributed by atoms with van der Waals surface area (Å²) in [6.45, 7) is 28.7. The van der Waals surface area contributed by atoms with Crippen molar-refractivity contribution in [3.63, 3.8) is 0 Å². The van der Waals surface area contributed by atoms with E-state index in [2.05, 4.69) is 244 Å². The number of rotatable bonds is 3. The second kappa shape index (κ2) is 14.9. The van der Waals surface area contributed by atoms with E-state index in [0.29, 0.717) is 0 Å². The molecule has 0 saturated carbocycles. The van der Waals surface area contributed by atoms with Crippen LogP contribution in [0, 0.1) is 0 Å². The maximum atomic E-state index is 2.78. The van der Waals surface area contributed by atoms with Crippen LogP contribution >= 0.6 is 11.3 Å². The third-order valence-corrected chi connectivity index (χ3v) is 18.5. The van der Waals surface area contributed by atoms with E-state index >= 15 is 0 Å². The lowest BCUT2D eigenvalue weighted by molar-refractivity contribution is 0.332. The number of benzene rings is 8. The van der Waals surface area contributed by atoms with Crippen molar-refractivity contribution in [3.05, 3.63) is 185 Å². The van der Waals surface area contributed by atoms with Crippen molar-refractivity contribution in [2.75, 3.05) is 9.71 Å². The van der Waals surface area contributed by atoms with Crippen molar-refractivity contribution in [2.24, 2.45) is 0 Å². The Morgan fingerprint density at radius 3 is 1.85 bits per heavy atom. The molecule has 0 unspecified atom stereocenters. The van der Waals surface area contributed by atoms with Gasteiger partial charge >= 0.3 is 6.85 Å². The van der Waals surface area contributed by atoms with Crippen LogP contribution in [0.25, 0.3) is 53.6 Å². The van der Waals surface area contributed by atoms with Crippen LogP contribution in [-0.2, 0) is 27.1 Å². The highest BCUT2D eigenvalue weighted by Gasteiger charge is 2.50. The second-order valence-corrected chi connectivity index (χ2v) is 26.3. The summed E-state index contributed by atoms with van der Waals surface area (Å²) in [5.41, 5.74) is 25.2. The number of nitrogens with zero attached hydrogens (tertiary/aromatic N) is 2. The minimum atomic E-state index is -0.188. The maximum Gasteiger partial charge on any atom is 0.333 e. The molecule has 9 aromatic rings. The van der Waals surface area contributed by atoms with E-state index in [-0.39, 0.29) is 33.9 Å². The first-order chi connectivity index (χ1) is 33.7. The zero-order chi connectivity index (χ0) is 49.3. The first-order valence-corrected chi connectivity index (χ1v) is 26.9. The van der Waals surface area contributed by atoms with Crippen LogP contribution in [0.4, 0.5) is 28.4 Å². The molecule has 0 spiro atoms. The summed E-state index contributed by atoms with van der Waals surface area (Å²) in [7, 11) is 0. The third kappa shape index (κ3) is 6.45. The van der Waals surface area contributed by atoms with Gasteiger partial charge in [-0.1, -0.05) is 180 Å². The lowest BCUT2D eigenvalue weighted by atomic mass is 9.42. The van der Waals surface area contributed by atoms with Gasteiger partial charge in [0.15, 0.2) is 0 Å². The SMILES string of the molecule is CC(C)(C)c1ccc(N2B3c4cc5c(cc4N(c4ccc(C(C)(C)C)cc4-c4ccccc4)c4cc6sc7ccccc7c6c(c43)-c3cc4c(cc32)C(C)(C)CCC4(C)C)-c2ccccc2C5(C)C)cc1. The normalized spacial score (nSPS) is 16.9. The van der Waals surface area contributed by atoms with Crippen LogP contribution < -0.4 is 20.6 Å². The molecule has 352 valence electrons. The summed E-state index contributed by atoms with van der Waals surface area (Å²) < 4.78 is 2.67. The first kappa shape index (κ1) is 44.6. The molecular formula is C67H65BN2S. The lowest BCUT2D eigenvalue weighted by Gasteiger charge is -2.48. The molecular weight excluding hydrogens is 876 g/mol. The molecule has 0 N–H and O–H groups in total. The highest BCUT2D eigenvalue weighted by Crippen LogP contribution is 2.58.